The third-order valence-electron chi connectivity index (χ3n) is 3.76. The zero-order valence-electron chi connectivity index (χ0n) is 12.3. The van der Waals surface area contributed by atoms with Gasteiger partial charge < -0.3 is 5.32 Å². The lowest BCUT2D eigenvalue weighted by Crippen LogP contribution is -2.34. The van der Waals surface area contributed by atoms with Crippen LogP contribution in [0.15, 0.2) is 22.8 Å². The molecule has 0 radical (unpaired) electrons. The van der Waals surface area contributed by atoms with Gasteiger partial charge in [-0.15, -0.1) is 0 Å². The van der Waals surface area contributed by atoms with E-state index in [-0.39, 0.29) is 0 Å². The molecule has 1 unspecified atom stereocenters. The Morgan fingerprint density at radius 1 is 1.40 bits per heavy atom. The van der Waals surface area contributed by atoms with Gasteiger partial charge in [-0.1, -0.05) is 19.8 Å². The average Bonchev–Trinajstić information content (AvgIpc) is 2.97. The Bertz CT molecular complexity index is 377. The summed E-state index contributed by atoms with van der Waals surface area (Å²) < 4.78 is 1.06. The summed E-state index contributed by atoms with van der Waals surface area (Å²) in [6, 6.07) is 4.77. The molecule has 1 saturated carbocycles. The molecular formula is C16H25BrN2S. The second-order valence-electron chi connectivity index (χ2n) is 5.56. The van der Waals surface area contributed by atoms with Crippen LogP contribution in [0.4, 0.5) is 0 Å². The van der Waals surface area contributed by atoms with Gasteiger partial charge >= 0.3 is 0 Å². The van der Waals surface area contributed by atoms with Crippen LogP contribution in [-0.2, 0) is 6.42 Å². The van der Waals surface area contributed by atoms with Crippen LogP contribution in [0.1, 0.15) is 44.7 Å². The molecule has 20 heavy (non-hydrogen) atoms. The van der Waals surface area contributed by atoms with Crippen molar-refractivity contribution in [1.29, 1.82) is 0 Å². The van der Waals surface area contributed by atoms with Crippen LogP contribution in [0.2, 0.25) is 0 Å². The molecule has 1 aliphatic rings. The molecule has 2 rings (SSSR count). The third-order valence-corrected chi connectivity index (χ3v) is 5.77. The van der Waals surface area contributed by atoms with Crippen LogP contribution < -0.4 is 5.32 Å². The van der Waals surface area contributed by atoms with Gasteiger partial charge in [0.1, 0.15) is 0 Å². The van der Waals surface area contributed by atoms with Gasteiger partial charge in [-0.05, 0) is 53.9 Å². The summed E-state index contributed by atoms with van der Waals surface area (Å²) in [5.74, 6) is 1.21. The Morgan fingerprint density at radius 3 is 2.85 bits per heavy atom. The van der Waals surface area contributed by atoms with Crippen LogP contribution in [0, 0.1) is 0 Å². The van der Waals surface area contributed by atoms with Crippen LogP contribution in [0.3, 0.4) is 0 Å². The van der Waals surface area contributed by atoms with Gasteiger partial charge in [0, 0.05) is 39.8 Å². The molecule has 1 atom stereocenters. The summed E-state index contributed by atoms with van der Waals surface area (Å²) in [4.78, 5) is 4.51. The highest BCUT2D eigenvalue weighted by atomic mass is 79.9. The first kappa shape index (κ1) is 16.3. The second-order valence-corrected chi connectivity index (χ2v) is 7.81. The van der Waals surface area contributed by atoms with E-state index in [1.807, 2.05) is 6.20 Å². The molecule has 0 bridgehead atoms. The van der Waals surface area contributed by atoms with Crippen molar-refractivity contribution in [2.45, 2.75) is 56.7 Å². The molecule has 1 aliphatic carbocycles. The normalized spacial score (nSPS) is 17.5. The molecule has 0 aromatic carbocycles. The van der Waals surface area contributed by atoms with Gasteiger partial charge in [-0.3, -0.25) is 4.98 Å². The monoisotopic (exact) mass is 356 g/mol. The van der Waals surface area contributed by atoms with Gasteiger partial charge in [0.25, 0.3) is 0 Å². The Balaban J connectivity index is 1.83. The van der Waals surface area contributed by atoms with Crippen molar-refractivity contribution in [2.24, 2.45) is 0 Å². The summed E-state index contributed by atoms with van der Waals surface area (Å²) in [5, 5.41) is 4.59. The Morgan fingerprint density at radius 2 is 2.20 bits per heavy atom. The molecule has 0 aliphatic heterocycles. The maximum Gasteiger partial charge on any atom is 0.0420 e. The van der Waals surface area contributed by atoms with Gasteiger partial charge in [0.15, 0.2) is 0 Å². The number of hydrogen-bond donors (Lipinski definition) is 1. The summed E-state index contributed by atoms with van der Waals surface area (Å²) in [6.07, 6.45) is 9.82. The van der Waals surface area contributed by atoms with Gasteiger partial charge in [-0.25, -0.2) is 0 Å². The molecule has 112 valence electrons. The summed E-state index contributed by atoms with van der Waals surface area (Å²) in [5.41, 5.74) is 1.19. The highest BCUT2D eigenvalue weighted by Gasteiger charge is 2.18. The topological polar surface area (TPSA) is 24.9 Å². The van der Waals surface area contributed by atoms with Gasteiger partial charge in [-0.2, -0.15) is 11.8 Å². The lowest BCUT2D eigenvalue weighted by atomic mass is 10.1. The first-order valence-corrected chi connectivity index (χ1v) is 9.57. The smallest absolute Gasteiger partial charge is 0.0420 e. The van der Waals surface area contributed by atoms with E-state index in [4.69, 9.17) is 0 Å². The van der Waals surface area contributed by atoms with E-state index in [2.05, 4.69) is 57.0 Å². The van der Waals surface area contributed by atoms with E-state index < -0.39 is 0 Å². The molecule has 4 heteroatoms. The average molecular weight is 357 g/mol. The fourth-order valence-electron chi connectivity index (χ4n) is 2.63. The highest BCUT2D eigenvalue weighted by molar-refractivity contribution is 9.10. The van der Waals surface area contributed by atoms with Gasteiger partial charge in [0.2, 0.25) is 0 Å². The number of halogens is 1. The number of nitrogens with one attached hydrogen (secondary N) is 1. The molecule has 1 N–H and O–H groups in total. The van der Waals surface area contributed by atoms with E-state index in [0.717, 1.165) is 22.7 Å². The zero-order valence-corrected chi connectivity index (χ0v) is 14.7. The predicted octanol–water partition coefficient (Wildman–Crippen LogP) is 4.43. The molecule has 1 aromatic heterocycles. The molecule has 0 spiro atoms. The Kier molecular flexibility index (Phi) is 7.39. The van der Waals surface area contributed by atoms with Crippen LogP contribution in [-0.4, -0.2) is 28.6 Å². The maximum absolute atomic E-state index is 4.51. The molecule has 0 amide bonds. The molecule has 0 saturated heterocycles. The minimum absolute atomic E-state index is 0.550. The molecule has 1 aromatic rings. The standard InChI is InChI=1S/C16H25BrN2S/c1-2-9-18-15(12-20-16-5-3-4-6-16)10-14-8-7-13(17)11-19-14/h7-8,11,15-16,18H,2-6,9-10,12H2,1H3. The molecule has 1 fully saturated rings. The van der Waals surface area contributed by atoms with Crippen LogP contribution in [0.25, 0.3) is 0 Å². The largest absolute Gasteiger partial charge is 0.313 e. The fraction of sp³-hybridized carbons (Fsp3) is 0.688. The quantitative estimate of drug-likeness (QED) is 0.745. The zero-order chi connectivity index (χ0) is 14.2. The van der Waals surface area contributed by atoms with Gasteiger partial charge in [0.05, 0.1) is 0 Å². The minimum Gasteiger partial charge on any atom is -0.313 e. The lowest BCUT2D eigenvalue weighted by molar-refractivity contribution is 0.544. The molecular weight excluding hydrogens is 332 g/mol. The number of thioether (sulfide) groups is 1. The van der Waals surface area contributed by atoms with Crippen molar-refractivity contribution in [3.63, 3.8) is 0 Å². The number of nitrogens with zero attached hydrogens (tertiary/aromatic N) is 1. The van der Waals surface area contributed by atoms with Crippen molar-refractivity contribution in [3.05, 3.63) is 28.5 Å². The number of hydrogen-bond acceptors (Lipinski definition) is 3. The van der Waals surface area contributed by atoms with Crippen molar-refractivity contribution in [1.82, 2.24) is 10.3 Å². The van der Waals surface area contributed by atoms with Crippen LogP contribution in [0.5, 0.6) is 0 Å². The van der Waals surface area contributed by atoms with Crippen molar-refractivity contribution in [2.75, 3.05) is 12.3 Å². The van der Waals surface area contributed by atoms with E-state index in [0.29, 0.717) is 6.04 Å². The van der Waals surface area contributed by atoms with E-state index in [9.17, 15) is 0 Å². The third kappa shape index (κ3) is 5.74. The lowest BCUT2D eigenvalue weighted by Gasteiger charge is -2.20. The van der Waals surface area contributed by atoms with Crippen LogP contribution >= 0.6 is 27.7 Å². The minimum atomic E-state index is 0.550. The first-order chi connectivity index (χ1) is 9.78. The Hall–Kier alpha value is -0.0600. The van der Waals surface area contributed by atoms with E-state index >= 15 is 0 Å². The Labute approximate surface area is 135 Å². The number of rotatable bonds is 8. The van der Waals surface area contributed by atoms with Crippen molar-refractivity contribution >= 4 is 27.7 Å². The summed E-state index contributed by atoms with van der Waals surface area (Å²) in [7, 11) is 0. The summed E-state index contributed by atoms with van der Waals surface area (Å²) in [6.45, 7) is 3.33. The number of aromatic nitrogens is 1. The first-order valence-electron chi connectivity index (χ1n) is 7.73. The molecule has 2 nitrogen and oxygen atoms in total. The highest BCUT2D eigenvalue weighted by Crippen LogP contribution is 2.30. The van der Waals surface area contributed by atoms with Crippen molar-refractivity contribution in [3.8, 4) is 0 Å². The SMILES string of the molecule is CCCNC(CSC1CCCC1)Cc1ccc(Br)cn1. The summed E-state index contributed by atoms with van der Waals surface area (Å²) >= 11 is 5.61. The maximum atomic E-state index is 4.51. The predicted molar refractivity (Wildman–Crippen MR) is 92.4 cm³/mol. The van der Waals surface area contributed by atoms with Crippen molar-refractivity contribution < 1.29 is 0 Å². The molecule has 1 heterocycles. The number of pyridine rings is 1. The van der Waals surface area contributed by atoms with E-state index in [1.54, 1.807) is 0 Å². The van der Waals surface area contributed by atoms with E-state index in [1.165, 1.54) is 43.6 Å². The fourth-order valence-corrected chi connectivity index (χ4v) is 4.27. The second kappa shape index (κ2) is 9.06.